The Labute approximate surface area is 151 Å². The van der Waals surface area contributed by atoms with Gasteiger partial charge in [0.05, 0.1) is 0 Å². The van der Waals surface area contributed by atoms with Crippen LogP contribution in [0.3, 0.4) is 0 Å². The summed E-state index contributed by atoms with van der Waals surface area (Å²) in [7, 11) is 0. The summed E-state index contributed by atoms with van der Waals surface area (Å²) in [6.45, 7) is 0.772. The number of nitrogens with one attached hydrogen (secondary N) is 1. The van der Waals surface area contributed by atoms with Crippen LogP contribution in [-0.4, -0.2) is 41.1 Å². The molecule has 1 N–H and O–H groups in total. The Bertz CT molecular complexity index is 445. The summed E-state index contributed by atoms with van der Waals surface area (Å²) >= 11 is 4.27. The second-order valence-corrected chi connectivity index (χ2v) is 8.36. The van der Waals surface area contributed by atoms with E-state index in [4.69, 9.17) is 0 Å². The molecule has 2 aliphatic carbocycles. The molecule has 0 radical (unpaired) electrons. The fraction of sp³-hybridized carbons (Fsp3) is 0.895. The quantitative estimate of drug-likeness (QED) is 0.747. The Morgan fingerprint density at radius 2 is 1.50 bits per heavy atom. The Morgan fingerprint density at radius 1 is 0.917 bits per heavy atom. The molecule has 4 nitrogen and oxygen atoms in total. The van der Waals surface area contributed by atoms with Crippen molar-refractivity contribution >= 4 is 24.4 Å². The summed E-state index contributed by atoms with van der Waals surface area (Å²) in [6, 6.07) is -0.689. The van der Waals surface area contributed by atoms with Crippen molar-refractivity contribution in [2.24, 2.45) is 11.8 Å². The summed E-state index contributed by atoms with van der Waals surface area (Å²) in [5, 5.41) is 2.92. The van der Waals surface area contributed by atoms with Crippen LogP contribution in [0.2, 0.25) is 0 Å². The zero-order valence-corrected chi connectivity index (χ0v) is 15.6. The lowest BCUT2D eigenvalue weighted by atomic mass is 9.83. The van der Waals surface area contributed by atoms with Gasteiger partial charge < -0.3 is 10.2 Å². The van der Waals surface area contributed by atoms with Gasteiger partial charge in [-0.25, -0.2) is 0 Å². The number of rotatable bonds is 5. The zero-order valence-electron chi connectivity index (χ0n) is 14.7. The topological polar surface area (TPSA) is 49.4 Å². The van der Waals surface area contributed by atoms with Crippen molar-refractivity contribution in [1.82, 2.24) is 10.2 Å². The molecule has 24 heavy (non-hydrogen) atoms. The van der Waals surface area contributed by atoms with E-state index in [0.29, 0.717) is 17.6 Å². The first kappa shape index (κ1) is 18.1. The van der Waals surface area contributed by atoms with Gasteiger partial charge in [0.1, 0.15) is 12.1 Å². The minimum absolute atomic E-state index is 0.0510. The van der Waals surface area contributed by atoms with Crippen molar-refractivity contribution in [3.8, 4) is 0 Å². The molecule has 1 saturated heterocycles. The van der Waals surface area contributed by atoms with Crippen LogP contribution in [0.1, 0.15) is 70.6 Å². The highest BCUT2D eigenvalue weighted by Gasteiger charge is 2.41. The molecule has 0 spiro atoms. The van der Waals surface area contributed by atoms with Crippen LogP contribution in [0.5, 0.6) is 0 Å². The molecule has 1 heterocycles. The summed E-state index contributed by atoms with van der Waals surface area (Å²) in [5.41, 5.74) is 0. The second-order valence-electron chi connectivity index (χ2n) is 7.99. The van der Waals surface area contributed by atoms with Gasteiger partial charge in [-0.1, -0.05) is 51.4 Å². The van der Waals surface area contributed by atoms with Crippen molar-refractivity contribution in [3.63, 3.8) is 0 Å². The van der Waals surface area contributed by atoms with Gasteiger partial charge in [-0.3, -0.25) is 9.59 Å². The third kappa shape index (κ3) is 4.27. The van der Waals surface area contributed by atoms with E-state index >= 15 is 0 Å². The lowest BCUT2D eigenvalue weighted by Crippen LogP contribution is -2.65. The number of thiol groups is 1. The smallest absolute Gasteiger partial charge is 0.246 e. The van der Waals surface area contributed by atoms with E-state index in [1.807, 2.05) is 4.90 Å². The van der Waals surface area contributed by atoms with Gasteiger partial charge in [0.25, 0.3) is 0 Å². The second kappa shape index (κ2) is 8.59. The third-order valence-corrected chi connectivity index (χ3v) is 6.59. The van der Waals surface area contributed by atoms with E-state index in [2.05, 4.69) is 17.9 Å². The normalized spacial score (nSPS) is 30.5. The van der Waals surface area contributed by atoms with Crippen molar-refractivity contribution < 1.29 is 9.59 Å². The number of hydrogen-bond acceptors (Lipinski definition) is 3. The lowest BCUT2D eigenvalue weighted by molar-refractivity contribution is -0.150. The van der Waals surface area contributed by atoms with Gasteiger partial charge in [-0.15, -0.1) is 0 Å². The van der Waals surface area contributed by atoms with E-state index in [-0.39, 0.29) is 17.9 Å². The molecule has 2 atom stereocenters. The molecule has 1 aliphatic heterocycles. The van der Waals surface area contributed by atoms with E-state index in [1.54, 1.807) is 0 Å². The zero-order chi connectivity index (χ0) is 16.9. The number of piperazine rings is 1. The highest BCUT2D eigenvalue weighted by molar-refractivity contribution is 7.80. The number of carbonyl (C=O) groups excluding carboxylic acids is 2. The molecule has 3 aliphatic rings. The predicted octanol–water partition coefficient (Wildman–Crippen LogP) is 3.16. The van der Waals surface area contributed by atoms with Gasteiger partial charge in [0.2, 0.25) is 11.8 Å². The molecule has 0 unspecified atom stereocenters. The number of amides is 2. The Morgan fingerprint density at radius 3 is 2.08 bits per heavy atom. The molecular formula is C19H32N2O2S. The Kier molecular flexibility index (Phi) is 6.48. The van der Waals surface area contributed by atoms with Crippen molar-refractivity contribution in [1.29, 1.82) is 0 Å². The van der Waals surface area contributed by atoms with E-state index in [9.17, 15) is 9.59 Å². The molecule has 3 fully saturated rings. The molecule has 0 aromatic rings. The van der Waals surface area contributed by atoms with Crippen LogP contribution in [0.25, 0.3) is 0 Å². The standard InChI is InChI=1S/C19H32N2O2S/c22-18-17(11-14-7-3-1-4-8-14)21(19(23)16(13-24)20-18)12-15-9-5-2-6-10-15/h14-17,24H,1-13H2,(H,20,22)/t16-,17+/m1/s1. The van der Waals surface area contributed by atoms with Gasteiger partial charge in [0, 0.05) is 12.3 Å². The SMILES string of the molecule is O=C1N[C@H](CS)C(=O)N(CC2CCCCC2)[C@H]1CC1CCCCC1. The number of carbonyl (C=O) groups is 2. The van der Waals surface area contributed by atoms with Crippen molar-refractivity contribution in [2.75, 3.05) is 12.3 Å². The summed E-state index contributed by atoms with van der Waals surface area (Å²) in [4.78, 5) is 27.5. The average molecular weight is 353 g/mol. The van der Waals surface area contributed by atoms with Gasteiger partial charge in [-0.05, 0) is 31.1 Å². The first-order valence-corrected chi connectivity index (χ1v) is 10.5. The van der Waals surface area contributed by atoms with Crippen LogP contribution in [-0.2, 0) is 9.59 Å². The van der Waals surface area contributed by atoms with Crippen LogP contribution < -0.4 is 5.32 Å². The van der Waals surface area contributed by atoms with Crippen molar-refractivity contribution in [3.05, 3.63) is 0 Å². The van der Waals surface area contributed by atoms with Crippen molar-refractivity contribution in [2.45, 2.75) is 82.7 Å². The summed E-state index contributed by atoms with van der Waals surface area (Å²) in [6.07, 6.45) is 13.4. The molecule has 2 amide bonds. The molecule has 0 bridgehead atoms. The fourth-order valence-electron chi connectivity index (χ4n) is 4.79. The molecule has 5 heteroatoms. The van der Waals surface area contributed by atoms with Crippen LogP contribution in [0.15, 0.2) is 0 Å². The molecule has 0 aromatic carbocycles. The summed E-state index contributed by atoms with van der Waals surface area (Å²) in [5.74, 6) is 1.71. The predicted molar refractivity (Wildman–Crippen MR) is 99.1 cm³/mol. The largest absolute Gasteiger partial charge is 0.342 e. The Hall–Kier alpha value is -0.710. The van der Waals surface area contributed by atoms with Crippen LogP contribution >= 0.6 is 12.6 Å². The highest BCUT2D eigenvalue weighted by Crippen LogP contribution is 2.32. The molecule has 2 saturated carbocycles. The third-order valence-electron chi connectivity index (χ3n) is 6.22. The fourth-order valence-corrected chi connectivity index (χ4v) is 5.03. The van der Waals surface area contributed by atoms with Crippen LogP contribution in [0.4, 0.5) is 0 Å². The first-order valence-electron chi connectivity index (χ1n) is 9.90. The maximum Gasteiger partial charge on any atom is 0.246 e. The van der Waals surface area contributed by atoms with E-state index < -0.39 is 6.04 Å². The molecule has 0 aromatic heterocycles. The monoisotopic (exact) mass is 352 g/mol. The average Bonchev–Trinajstić information content (AvgIpc) is 2.62. The van der Waals surface area contributed by atoms with E-state index in [1.165, 1.54) is 64.2 Å². The molecule has 3 rings (SSSR count). The Balaban J connectivity index is 1.70. The summed E-state index contributed by atoms with van der Waals surface area (Å²) < 4.78 is 0. The minimum atomic E-state index is -0.438. The van der Waals surface area contributed by atoms with Gasteiger partial charge in [-0.2, -0.15) is 12.6 Å². The maximum absolute atomic E-state index is 12.9. The molecular weight excluding hydrogens is 320 g/mol. The van der Waals surface area contributed by atoms with Crippen LogP contribution in [0, 0.1) is 11.8 Å². The van der Waals surface area contributed by atoms with E-state index in [0.717, 1.165) is 13.0 Å². The molecule has 136 valence electrons. The first-order chi connectivity index (χ1) is 11.7. The maximum atomic E-state index is 12.9. The lowest BCUT2D eigenvalue weighted by Gasteiger charge is -2.42. The highest BCUT2D eigenvalue weighted by atomic mass is 32.1. The number of hydrogen-bond donors (Lipinski definition) is 2. The van der Waals surface area contributed by atoms with Gasteiger partial charge in [0.15, 0.2) is 0 Å². The minimum Gasteiger partial charge on any atom is -0.342 e. The number of nitrogens with zero attached hydrogens (tertiary/aromatic N) is 1. The van der Waals surface area contributed by atoms with Gasteiger partial charge >= 0.3 is 0 Å².